The largest absolute Gasteiger partial charge is 0.481 e. The lowest BCUT2D eigenvalue weighted by Crippen LogP contribution is -2.38. The SMILES string of the molecule is CC(C)N(CCC(=O)O)C(=O)CCc1cnn(-c2ccccc2)c1. The molecule has 1 amide bonds. The Balaban J connectivity index is 1.93. The third kappa shape index (κ3) is 4.94. The summed E-state index contributed by atoms with van der Waals surface area (Å²) in [7, 11) is 0. The highest BCUT2D eigenvalue weighted by atomic mass is 16.4. The van der Waals surface area contributed by atoms with Gasteiger partial charge < -0.3 is 10.0 Å². The van der Waals surface area contributed by atoms with Crippen LogP contribution in [0.25, 0.3) is 5.69 Å². The van der Waals surface area contributed by atoms with E-state index in [1.807, 2.05) is 50.4 Å². The first-order chi connectivity index (χ1) is 11.5. The summed E-state index contributed by atoms with van der Waals surface area (Å²) in [6, 6.07) is 9.77. The van der Waals surface area contributed by atoms with Crippen molar-refractivity contribution in [2.75, 3.05) is 6.54 Å². The van der Waals surface area contributed by atoms with Crippen LogP contribution in [0, 0.1) is 0 Å². The average Bonchev–Trinajstić information content (AvgIpc) is 3.02. The van der Waals surface area contributed by atoms with Crippen molar-refractivity contribution in [1.82, 2.24) is 14.7 Å². The summed E-state index contributed by atoms with van der Waals surface area (Å²) >= 11 is 0. The lowest BCUT2D eigenvalue weighted by molar-refractivity contribution is -0.139. The maximum atomic E-state index is 12.4. The van der Waals surface area contributed by atoms with Crippen molar-refractivity contribution in [2.24, 2.45) is 0 Å². The zero-order valence-corrected chi connectivity index (χ0v) is 14.1. The van der Waals surface area contributed by atoms with Crippen molar-refractivity contribution in [3.8, 4) is 5.69 Å². The van der Waals surface area contributed by atoms with Gasteiger partial charge in [0, 0.05) is 25.2 Å². The summed E-state index contributed by atoms with van der Waals surface area (Å²) < 4.78 is 1.78. The second-order valence-corrected chi connectivity index (χ2v) is 5.95. The summed E-state index contributed by atoms with van der Waals surface area (Å²) in [5.41, 5.74) is 1.95. The van der Waals surface area contributed by atoms with E-state index < -0.39 is 5.97 Å². The Labute approximate surface area is 141 Å². The number of nitrogens with zero attached hydrogens (tertiary/aromatic N) is 3. The number of amides is 1. The summed E-state index contributed by atoms with van der Waals surface area (Å²) in [5.74, 6) is -0.920. The molecule has 0 bridgehead atoms. The van der Waals surface area contributed by atoms with Crippen LogP contribution in [0.5, 0.6) is 0 Å². The Bertz CT molecular complexity index is 680. The summed E-state index contributed by atoms with van der Waals surface area (Å²) in [6.45, 7) is 4.04. The number of aromatic nitrogens is 2. The van der Waals surface area contributed by atoms with Crippen molar-refractivity contribution in [2.45, 2.75) is 39.2 Å². The number of hydrogen-bond acceptors (Lipinski definition) is 3. The highest BCUT2D eigenvalue weighted by Gasteiger charge is 2.18. The molecule has 6 heteroatoms. The zero-order valence-electron chi connectivity index (χ0n) is 14.1. The van der Waals surface area contributed by atoms with Gasteiger partial charge in [0.15, 0.2) is 0 Å². The van der Waals surface area contributed by atoms with Gasteiger partial charge in [-0.3, -0.25) is 9.59 Å². The molecule has 0 atom stereocenters. The molecule has 0 aliphatic heterocycles. The second kappa shape index (κ2) is 8.29. The molecule has 0 saturated heterocycles. The van der Waals surface area contributed by atoms with Crippen molar-refractivity contribution in [3.63, 3.8) is 0 Å². The Morgan fingerprint density at radius 3 is 2.54 bits per heavy atom. The Morgan fingerprint density at radius 2 is 1.92 bits per heavy atom. The van der Waals surface area contributed by atoms with Gasteiger partial charge in [0.2, 0.25) is 5.91 Å². The molecule has 0 unspecified atom stereocenters. The van der Waals surface area contributed by atoms with Crippen LogP contribution in [0.3, 0.4) is 0 Å². The van der Waals surface area contributed by atoms with Gasteiger partial charge in [-0.15, -0.1) is 0 Å². The van der Waals surface area contributed by atoms with Gasteiger partial charge in [0.05, 0.1) is 18.3 Å². The number of hydrogen-bond donors (Lipinski definition) is 1. The standard InChI is InChI=1S/C18H23N3O3/c1-14(2)20(11-10-18(23)24)17(22)9-8-15-12-19-21(13-15)16-6-4-3-5-7-16/h3-7,12-14H,8-11H2,1-2H3,(H,23,24). The molecule has 6 nitrogen and oxygen atoms in total. The lowest BCUT2D eigenvalue weighted by Gasteiger charge is -2.26. The molecule has 2 rings (SSSR count). The van der Waals surface area contributed by atoms with Crippen LogP contribution in [-0.2, 0) is 16.0 Å². The van der Waals surface area contributed by atoms with E-state index in [0.29, 0.717) is 12.8 Å². The van der Waals surface area contributed by atoms with E-state index in [4.69, 9.17) is 5.11 Å². The van der Waals surface area contributed by atoms with Crippen LogP contribution >= 0.6 is 0 Å². The first-order valence-corrected chi connectivity index (χ1v) is 8.07. The number of rotatable bonds is 8. The predicted octanol–water partition coefficient (Wildman–Crippen LogP) is 2.52. The molecule has 0 aliphatic carbocycles. The van der Waals surface area contributed by atoms with Gasteiger partial charge in [-0.25, -0.2) is 4.68 Å². The minimum atomic E-state index is -0.891. The number of carboxylic acid groups (broad SMARTS) is 1. The van der Waals surface area contributed by atoms with E-state index >= 15 is 0 Å². The number of carbonyl (C=O) groups excluding carboxylic acids is 1. The van der Waals surface area contributed by atoms with Crippen LogP contribution < -0.4 is 0 Å². The fourth-order valence-corrected chi connectivity index (χ4v) is 2.49. The smallest absolute Gasteiger partial charge is 0.305 e. The topological polar surface area (TPSA) is 75.4 Å². The molecule has 1 heterocycles. The fraction of sp³-hybridized carbons (Fsp3) is 0.389. The van der Waals surface area contributed by atoms with Crippen LogP contribution in [0.4, 0.5) is 0 Å². The van der Waals surface area contributed by atoms with E-state index in [2.05, 4.69) is 5.10 Å². The quantitative estimate of drug-likeness (QED) is 0.807. The Kier molecular flexibility index (Phi) is 6.12. The third-order valence-electron chi connectivity index (χ3n) is 3.79. The molecule has 0 spiro atoms. The van der Waals surface area contributed by atoms with E-state index in [0.717, 1.165) is 11.3 Å². The van der Waals surface area contributed by atoms with Crippen molar-refractivity contribution >= 4 is 11.9 Å². The van der Waals surface area contributed by atoms with E-state index in [1.165, 1.54) is 0 Å². The molecule has 0 fully saturated rings. The number of carbonyl (C=O) groups is 2. The van der Waals surface area contributed by atoms with Gasteiger partial charge in [0.25, 0.3) is 0 Å². The lowest BCUT2D eigenvalue weighted by atomic mass is 10.1. The average molecular weight is 329 g/mol. The molecule has 1 N–H and O–H groups in total. The maximum Gasteiger partial charge on any atom is 0.305 e. The van der Waals surface area contributed by atoms with E-state index in [9.17, 15) is 9.59 Å². The van der Waals surface area contributed by atoms with Crippen molar-refractivity contribution in [1.29, 1.82) is 0 Å². The molecular weight excluding hydrogens is 306 g/mol. The molecule has 1 aromatic carbocycles. The molecule has 128 valence electrons. The van der Waals surface area contributed by atoms with Gasteiger partial charge >= 0.3 is 5.97 Å². The normalized spacial score (nSPS) is 10.8. The van der Waals surface area contributed by atoms with Crippen LogP contribution in [0.15, 0.2) is 42.7 Å². The Morgan fingerprint density at radius 1 is 1.21 bits per heavy atom. The number of aryl methyl sites for hydroxylation is 1. The van der Waals surface area contributed by atoms with E-state index in [1.54, 1.807) is 15.8 Å². The highest BCUT2D eigenvalue weighted by molar-refractivity contribution is 5.77. The summed E-state index contributed by atoms with van der Waals surface area (Å²) in [6.07, 6.45) is 4.58. The van der Waals surface area contributed by atoms with Gasteiger partial charge in [-0.1, -0.05) is 18.2 Å². The van der Waals surface area contributed by atoms with Crippen LogP contribution in [-0.4, -0.2) is 44.3 Å². The minimum absolute atomic E-state index is 0.0103. The van der Waals surface area contributed by atoms with Gasteiger partial charge in [0.1, 0.15) is 0 Å². The Hall–Kier alpha value is -2.63. The molecule has 0 saturated carbocycles. The number of benzene rings is 1. The summed E-state index contributed by atoms with van der Waals surface area (Å²) in [4.78, 5) is 24.7. The number of aliphatic carboxylic acids is 1. The molecule has 2 aromatic rings. The van der Waals surface area contributed by atoms with Gasteiger partial charge in [-0.2, -0.15) is 5.10 Å². The number of carboxylic acids is 1. The second-order valence-electron chi connectivity index (χ2n) is 5.95. The van der Waals surface area contributed by atoms with Crippen LogP contribution in [0.1, 0.15) is 32.3 Å². The fourth-order valence-electron chi connectivity index (χ4n) is 2.49. The van der Waals surface area contributed by atoms with Crippen LogP contribution in [0.2, 0.25) is 0 Å². The highest BCUT2D eigenvalue weighted by Crippen LogP contribution is 2.11. The molecular formula is C18H23N3O3. The minimum Gasteiger partial charge on any atom is -0.481 e. The first-order valence-electron chi connectivity index (χ1n) is 8.07. The van der Waals surface area contributed by atoms with Crippen molar-refractivity contribution < 1.29 is 14.7 Å². The molecule has 1 aromatic heterocycles. The summed E-state index contributed by atoms with van der Waals surface area (Å²) in [5, 5.41) is 13.1. The zero-order chi connectivity index (χ0) is 17.5. The maximum absolute atomic E-state index is 12.4. The third-order valence-corrected chi connectivity index (χ3v) is 3.79. The first kappa shape index (κ1) is 17.7. The molecule has 0 aliphatic rings. The predicted molar refractivity (Wildman–Crippen MR) is 91.0 cm³/mol. The number of para-hydroxylation sites is 1. The van der Waals surface area contributed by atoms with Gasteiger partial charge in [-0.05, 0) is 38.0 Å². The molecule has 0 radical (unpaired) electrons. The van der Waals surface area contributed by atoms with Crippen molar-refractivity contribution in [3.05, 3.63) is 48.3 Å². The monoisotopic (exact) mass is 329 g/mol. The van der Waals surface area contributed by atoms with E-state index in [-0.39, 0.29) is 24.9 Å². The molecule has 24 heavy (non-hydrogen) atoms.